The molecule has 12 aromatic rings. The van der Waals surface area contributed by atoms with Gasteiger partial charge in [-0.05, 0) is 144 Å². The number of hydrogen-bond acceptors (Lipinski definition) is 10. The molecule has 2 N–H and O–H groups in total. The van der Waals surface area contributed by atoms with Crippen LogP contribution in [-0.2, 0) is 11.1 Å². The number of nitrogens with zero attached hydrogens (tertiary/aromatic N) is 8. The van der Waals surface area contributed by atoms with Crippen molar-refractivity contribution >= 4 is 100 Å². The van der Waals surface area contributed by atoms with Gasteiger partial charge in [0, 0.05) is 52.3 Å². The van der Waals surface area contributed by atoms with Crippen molar-refractivity contribution in [1.82, 2.24) is 29.5 Å². The molecule has 8 aromatic carbocycles. The third kappa shape index (κ3) is 12.0. The highest BCUT2D eigenvalue weighted by Crippen LogP contribution is 2.47. The molecule has 0 unspecified atom stereocenters. The summed E-state index contributed by atoms with van der Waals surface area (Å²) in [7, 11) is -1.39. The van der Waals surface area contributed by atoms with E-state index in [0.717, 1.165) is 70.5 Å². The van der Waals surface area contributed by atoms with Crippen molar-refractivity contribution in [3.63, 3.8) is 0 Å². The molecule has 0 spiro atoms. The van der Waals surface area contributed by atoms with Crippen LogP contribution < -0.4 is 5.46 Å². The normalized spacial score (nSPS) is 11.0. The maximum Gasteiger partial charge on any atom is 0.488 e. The summed E-state index contributed by atoms with van der Waals surface area (Å²) in [4.78, 5) is 31.4. The Hall–Kier alpha value is -8.53. The summed E-state index contributed by atoms with van der Waals surface area (Å²) in [5.41, 5.74) is 9.24. The Balaban J connectivity index is 0.000000186. The van der Waals surface area contributed by atoms with Crippen molar-refractivity contribution in [1.29, 1.82) is 0 Å². The Morgan fingerprint density at radius 3 is 1.14 bits per heavy atom. The summed E-state index contributed by atoms with van der Waals surface area (Å²) < 4.78 is 5.49. The number of halogens is 3. The standard InChI is InChI=1S/C32H23BrN4O2.C26H17BrIN3O2.C6H8BNO2.2CH4/c1-22-19-23(17-18-34-22)31-27-20-28(33)30(37(38)39)21-29(27)36(35-31)32(24-11-5-2-6-12-24,25-13-7-3-8-14-25)26-15-9-4-10-16-26;27-22-16-21-23(17-24(22)31(32)33)30(29-25(21)28)26(18-10-4-1-5-11-18,19-12-6-2-7-13-19)20-14-8-3-9-15-20;1-5-4-6(7(9)10)2-3-8-5;;/h2-21H,1H3;1-17H;2-4,9-10H,1H3;2*1H4. The van der Waals surface area contributed by atoms with Crippen LogP contribution in [0.5, 0.6) is 0 Å². The molecule has 4 heterocycles. The van der Waals surface area contributed by atoms with Crippen molar-refractivity contribution in [2.24, 2.45) is 0 Å². The van der Waals surface area contributed by atoms with E-state index >= 15 is 0 Å². The smallest absolute Gasteiger partial charge is 0.423 e. The second-order valence-electron chi connectivity index (χ2n) is 19.0. The Bertz CT molecular complexity index is 4030. The Kier molecular flexibility index (Phi) is 19.6. The average molecular weight is 1350 g/mol. The molecule has 14 nitrogen and oxygen atoms in total. The summed E-state index contributed by atoms with van der Waals surface area (Å²) in [5.74, 6) is 0. The lowest BCUT2D eigenvalue weighted by atomic mass is 9.77. The average Bonchev–Trinajstić information content (AvgIpc) is 3.04. The molecular formula is C66H56BBr2IN8O6. The first kappa shape index (κ1) is 61.5. The van der Waals surface area contributed by atoms with Crippen LogP contribution in [-0.4, -0.2) is 56.5 Å². The topological polar surface area (TPSA) is 188 Å². The van der Waals surface area contributed by atoms with Gasteiger partial charge in [-0.15, -0.1) is 0 Å². The van der Waals surface area contributed by atoms with Gasteiger partial charge in [0.15, 0.2) is 0 Å². The number of nitro benzene ring substituents is 2. The van der Waals surface area contributed by atoms with Crippen LogP contribution >= 0.6 is 54.5 Å². The maximum atomic E-state index is 12.1. The Labute approximate surface area is 517 Å². The zero-order valence-electron chi connectivity index (χ0n) is 43.9. The lowest BCUT2D eigenvalue weighted by Crippen LogP contribution is -2.38. The molecule has 0 aliphatic rings. The fourth-order valence-electron chi connectivity index (χ4n) is 10.4. The largest absolute Gasteiger partial charge is 0.488 e. The minimum absolute atomic E-state index is 0. The summed E-state index contributed by atoms with van der Waals surface area (Å²) in [6.07, 6.45) is 3.30. The summed E-state index contributed by atoms with van der Waals surface area (Å²) in [6, 6.07) is 74.8. The lowest BCUT2D eigenvalue weighted by molar-refractivity contribution is -0.385. The van der Waals surface area contributed by atoms with Crippen LogP contribution in [0.25, 0.3) is 33.1 Å². The molecule has 0 saturated heterocycles. The SMILES string of the molecule is C.C.Cc1cc(-c2nn(C(c3ccccc3)(c3ccccc3)c3ccccc3)c3cc([N+](=O)[O-])c(Br)cc23)ccn1.Cc1cc(B(O)O)ccn1.O=[N+]([O-])c1cc2c(cc1Br)c(I)nn2C(c1ccccc1)(c1ccccc1)c1ccccc1. The van der Waals surface area contributed by atoms with E-state index in [0.29, 0.717) is 25.4 Å². The number of pyridine rings is 2. The minimum atomic E-state index is -1.39. The van der Waals surface area contributed by atoms with E-state index in [9.17, 15) is 20.2 Å². The molecule has 18 heteroatoms. The molecule has 0 saturated carbocycles. The van der Waals surface area contributed by atoms with Gasteiger partial charge in [0.1, 0.15) is 20.5 Å². The van der Waals surface area contributed by atoms with E-state index in [4.69, 9.17) is 20.2 Å². The van der Waals surface area contributed by atoms with Crippen LogP contribution in [0.3, 0.4) is 0 Å². The first-order chi connectivity index (χ1) is 39.7. The number of fused-ring (bicyclic) bond motifs is 2. The van der Waals surface area contributed by atoms with Gasteiger partial charge in [-0.25, -0.2) is 9.36 Å². The van der Waals surface area contributed by atoms with Crippen LogP contribution in [0.4, 0.5) is 11.4 Å². The number of rotatable bonds is 12. The molecule has 0 aliphatic heterocycles. The first-order valence-corrected chi connectivity index (χ1v) is 28.3. The van der Waals surface area contributed by atoms with Crippen LogP contribution in [0.15, 0.2) is 252 Å². The van der Waals surface area contributed by atoms with Crippen molar-refractivity contribution in [3.8, 4) is 11.3 Å². The van der Waals surface area contributed by atoms with E-state index in [2.05, 4.69) is 137 Å². The molecule has 84 heavy (non-hydrogen) atoms. The van der Waals surface area contributed by atoms with Crippen molar-refractivity contribution in [3.05, 3.63) is 321 Å². The van der Waals surface area contributed by atoms with Gasteiger partial charge in [-0.3, -0.25) is 30.2 Å². The molecule has 0 atom stereocenters. The lowest BCUT2D eigenvalue weighted by Gasteiger charge is -2.37. The van der Waals surface area contributed by atoms with Gasteiger partial charge >= 0.3 is 7.12 Å². The third-order valence-corrected chi connectivity index (χ3v) is 16.1. The summed E-state index contributed by atoms with van der Waals surface area (Å²) >= 11 is 9.01. The van der Waals surface area contributed by atoms with Gasteiger partial charge in [0.05, 0.1) is 29.8 Å². The first-order valence-electron chi connectivity index (χ1n) is 25.7. The zero-order valence-corrected chi connectivity index (χ0v) is 49.2. The van der Waals surface area contributed by atoms with Crippen LogP contribution in [0.1, 0.15) is 59.6 Å². The predicted octanol–water partition coefficient (Wildman–Crippen LogP) is 15.4. The summed E-state index contributed by atoms with van der Waals surface area (Å²) in [5, 5.41) is 53.2. The van der Waals surface area contributed by atoms with Crippen molar-refractivity contribution < 1.29 is 19.9 Å². The number of aromatic nitrogens is 6. The molecule has 0 aliphatic carbocycles. The van der Waals surface area contributed by atoms with Crippen LogP contribution in [0, 0.1) is 37.8 Å². The quantitative estimate of drug-likeness (QED) is 0.0392. The monoisotopic (exact) mass is 1350 g/mol. The van der Waals surface area contributed by atoms with E-state index < -0.39 is 18.2 Å². The van der Waals surface area contributed by atoms with E-state index in [1.54, 1.807) is 55.7 Å². The molecular weight excluding hydrogens is 1300 g/mol. The van der Waals surface area contributed by atoms with Gasteiger partial charge in [-0.2, -0.15) is 10.2 Å². The highest BCUT2D eigenvalue weighted by Gasteiger charge is 2.43. The Morgan fingerprint density at radius 2 is 0.810 bits per heavy atom. The zero-order chi connectivity index (χ0) is 57.5. The number of nitro groups is 2. The molecule has 12 rings (SSSR count). The van der Waals surface area contributed by atoms with Crippen molar-refractivity contribution in [2.75, 3.05) is 0 Å². The molecule has 420 valence electrons. The predicted molar refractivity (Wildman–Crippen MR) is 350 cm³/mol. The van der Waals surface area contributed by atoms with E-state index in [1.165, 1.54) is 0 Å². The molecule has 0 amide bonds. The molecule has 0 bridgehead atoms. The number of aryl methyl sites for hydroxylation is 2. The number of benzene rings is 8. The van der Waals surface area contributed by atoms with E-state index in [1.807, 2.05) is 138 Å². The summed E-state index contributed by atoms with van der Waals surface area (Å²) in [6.45, 7) is 3.73. The van der Waals surface area contributed by atoms with Crippen molar-refractivity contribution in [2.45, 2.75) is 39.8 Å². The fraction of sp³-hybridized carbons (Fsp3) is 0.0909. The number of hydrogen-bond donors (Lipinski definition) is 2. The van der Waals surface area contributed by atoms with Gasteiger partial charge in [0.2, 0.25) is 0 Å². The van der Waals surface area contributed by atoms with Gasteiger partial charge < -0.3 is 10.0 Å². The van der Waals surface area contributed by atoms with Crippen LogP contribution in [0.2, 0.25) is 0 Å². The second kappa shape index (κ2) is 26.8. The second-order valence-corrected chi connectivity index (χ2v) is 21.8. The minimum Gasteiger partial charge on any atom is -0.423 e. The molecule has 0 fully saturated rings. The fourth-order valence-corrected chi connectivity index (χ4v) is 12.1. The highest BCUT2D eigenvalue weighted by molar-refractivity contribution is 14.1. The Morgan fingerprint density at radius 1 is 0.476 bits per heavy atom. The molecule has 0 radical (unpaired) electrons. The van der Waals surface area contributed by atoms with E-state index in [-0.39, 0.29) is 36.1 Å². The highest BCUT2D eigenvalue weighted by atomic mass is 127. The van der Waals surface area contributed by atoms with Gasteiger partial charge in [-0.1, -0.05) is 197 Å². The van der Waals surface area contributed by atoms with Gasteiger partial charge in [0.25, 0.3) is 11.4 Å². The molecule has 4 aromatic heterocycles. The maximum absolute atomic E-state index is 12.1. The third-order valence-electron chi connectivity index (χ3n) is 14.0.